The predicted molar refractivity (Wildman–Crippen MR) is 44.5 cm³/mol. The van der Waals surface area contributed by atoms with Gasteiger partial charge in [0.15, 0.2) is 0 Å². The van der Waals surface area contributed by atoms with Gasteiger partial charge < -0.3 is 20.4 Å². The summed E-state index contributed by atoms with van der Waals surface area (Å²) < 4.78 is 0. The van der Waals surface area contributed by atoms with Crippen LogP contribution in [0.2, 0.25) is 0 Å². The van der Waals surface area contributed by atoms with E-state index in [0.29, 0.717) is 0 Å². The number of hydrogen-bond acceptors (Lipinski definition) is 4. The Balaban J connectivity index is 4.34. The fraction of sp³-hybridized carbons (Fsp3) is 0.750. The normalized spacial score (nSPS) is 14.3. The van der Waals surface area contributed by atoms with Crippen molar-refractivity contribution in [3.8, 4) is 0 Å². The lowest BCUT2D eigenvalue weighted by atomic mass is 9.83. The van der Waals surface area contributed by atoms with Crippen LogP contribution in [0.1, 0.15) is 6.42 Å². The minimum Gasteiger partial charge on any atom is -0.396 e. The molecule has 0 aromatic rings. The SMILES string of the molecule is C=CCC(O)C(CO)(CO)CO. The second-order valence-corrected chi connectivity index (χ2v) is 2.88. The quantitative estimate of drug-likeness (QED) is 0.387. The van der Waals surface area contributed by atoms with Gasteiger partial charge in [-0.05, 0) is 6.42 Å². The molecule has 0 saturated carbocycles. The van der Waals surface area contributed by atoms with E-state index in [-0.39, 0.29) is 6.42 Å². The van der Waals surface area contributed by atoms with Crippen LogP contribution in [-0.4, -0.2) is 46.4 Å². The lowest BCUT2D eigenvalue weighted by molar-refractivity contribution is -0.0813. The zero-order valence-corrected chi connectivity index (χ0v) is 6.98. The number of rotatable bonds is 6. The number of hydrogen-bond donors (Lipinski definition) is 4. The van der Waals surface area contributed by atoms with Gasteiger partial charge in [0.25, 0.3) is 0 Å². The van der Waals surface area contributed by atoms with E-state index in [9.17, 15) is 5.11 Å². The van der Waals surface area contributed by atoms with Gasteiger partial charge in [-0.1, -0.05) is 6.08 Å². The highest BCUT2D eigenvalue weighted by Gasteiger charge is 2.35. The van der Waals surface area contributed by atoms with Gasteiger partial charge >= 0.3 is 0 Å². The fourth-order valence-electron chi connectivity index (χ4n) is 0.874. The standard InChI is InChI=1S/C8H16O4/c1-2-3-7(12)8(4-9,5-10)6-11/h2,7,9-12H,1,3-6H2. The van der Waals surface area contributed by atoms with Crippen molar-refractivity contribution in [2.75, 3.05) is 19.8 Å². The maximum Gasteiger partial charge on any atom is 0.0697 e. The van der Waals surface area contributed by atoms with Crippen LogP contribution in [0, 0.1) is 5.41 Å². The maximum atomic E-state index is 9.41. The summed E-state index contributed by atoms with van der Waals surface area (Å²) in [5.41, 5.74) is -1.21. The van der Waals surface area contributed by atoms with E-state index in [0.717, 1.165) is 0 Å². The molecule has 0 aromatic carbocycles. The summed E-state index contributed by atoms with van der Waals surface area (Å²) in [5.74, 6) is 0. The van der Waals surface area contributed by atoms with E-state index in [2.05, 4.69) is 6.58 Å². The van der Waals surface area contributed by atoms with Gasteiger partial charge in [0.2, 0.25) is 0 Å². The Morgan fingerprint density at radius 3 is 1.83 bits per heavy atom. The van der Waals surface area contributed by atoms with Gasteiger partial charge in [-0.3, -0.25) is 0 Å². The molecule has 0 fully saturated rings. The molecule has 72 valence electrons. The highest BCUT2D eigenvalue weighted by atomic mass is 16.3. The molecule has 0 aliphatic carbocycles. The number of aliphatic hydroxyl groups is 4. The summed E-state index contributed by atoms with van der Waals surface area (Å²) in [6.07, 6.45) is 0.747. The third-order valence-electron chi connectivity index (χ3n) is 2.04. The molecule has 0 rings (SSSR count). The van der Waals surface area contributed by atoms with Crippen LogP contribution in [-0.2, 0) is 0 Å². The largest absolute Gasteiger partial charge is 0.396 e. The lowest BCUT2D eigenvalue weighted by Crippen LogP contribution is -2.44. The number of aliphatic hydroxyl groups excluding tert-OH is 4. The molecule has 0 aliphatic rings. The molecule has 4 heteroatoms. The Kier molecular flexibility index (Phi) is 5.08. The zero-order valence-electron chi connectivity index (χ0n) is 6.98. The molecule has 0 aromatic heterocycles. The van der Waals surface area contributed by atoms with Crippen molar-refractivity contribution in [3.05, 3.63) is 12.7 Å². The van der Waals surface area contributed by atoms with Crippen LogP contribution in [0.25, 0.3) is 0 Å². The Labute approximate surface area is 71.8 Å². The van der Waals surface area contributed by atoms with Crippen molar-refractivity contribution in [1.29, 1.82) is 0 Å². The van der Waals surface area contributed by atoms with Crippen LogP contribution in [0.3, 0.4) is 0 Å². The van der Waals surface area contributed by atoms with Gasteiger partial charge in [0.1, 0.15) is 0 Å². The van der Waals surface area contributed by atoms with Crippen molar-refractivity contribution in [2.45, 2.75) is 12.5 Å². The monoisotopic (exact) mass is 176 g/mol. The Hall–Kier alpha value is -0.420. The van der Waals surface area contributed by atoms with Crippen molar-refractivity contribution < 1.29 is 20.4 Å². The van der Waals surface area contributed by atoms with Crippen molar-refractivity contribution in [1.82, 2.24) is 0 Å². The van der Waals surface area contributed by atoms with Gasteiger partial charge in [-0.2, -0.15) is 0 Å². The third-order valence-corrected chi connectivity index (χ3v) is 2.04. The average Bonchev–Trinajstić information content (AvgIpc) is 2.09. The summed E-state index contributed by atoms with van der Waals surface area (Å²) in [6.45, 7) is 2.06. The Morgan fingerprint density at radius 2 is 1.58 bits per heavy atom. The van der Waals surface area contributed by atoms with E-state index < -0.39 is 31.3 Å². The molecule has 12 heavy (non-hydrogen) atoms. The van der Waals surface area contributed by atoms with E-state index in [1.54, 1.807) is 0 Å². The minimum absolute atomic E-state index is 0.238. The smallest absolute Gasteiger partial charge is 0.0697 e. The molecule has 0 radical (unpaired) electrons. The topological polar surface area (TPSA) is 80.9 Å². The van der Waals surface area contributed by atoms with Crippen molar-refractivity contribution in [3.63, 3.8) is 0 Å². The molecule has 0 spiro atoms. The second kappa shape index (κ2) is 5.27. The average molecular weight is 176 g/mol. The highest BCUT2D eigenvalue weighted by Crippen LogP contribution is 2.22. The minimum atomic E-state index is -1.21. The first-order chi connectivity index (χ1) is 5.66. The van der Waals surface area contributed by atoms with Crippen molar-refractivity contribution in [2.24, 2.45) is 5.41 Å². The van der Waals surface area contributed by atoms with Crippen LogP contribution in [0.15, 0.2) is 12.7 Å². The van der Waals surface area contributed by atoms with E-state index >= 15 is 0 Å². The molecule has 0 bridgehead atoms. The first-order valence-corrected chi connectivity index (χ1v) is 3.78. The Bertz CT molecular complexity index is 123. The molecule has 4 N–H and O–H groups in total. The summed E-state index contributed by atoms with van der Waals surface area (Å²) >= 11 is 0. The fourth-order valence-corrected chi connectivity index (χ4v) is 0.874. The predicted octanol–water partition coefficient (Wildman–Crippen LogP) is -1.11. The molecule has 1 atom stereocenters. The summed E-state index contributed by atoms with van der Waals surface area (Å²) in [7, 11) is 0. The van der Waals surface area contributed by atoms with E-state index in [1.165, 1.54) is 6.08 Å². The molecule has 4 nitrogen and oxygen atoms in total. The first kappa shape index (κ1) is 11.6. The van der Waals surface area contributed by atoms with Crippen LogP contribution in [0.4, 0.5) is 0 Å². The van der Waals surface area contributed by atoms with Gasteiger partial charge in [0.05, 0.1) is 31.3 Å². The Morgan fingerprint density at radius 1 is 1.17 bits per heavy atom. The summed E-state index contributed by atoms with van der Waals surface area (Å²) in [6, 6.07) is 0. The van der Waals surface area contributed by atoms with Gasteiger partial charge in [-0.25, -0.2) is 0 Å². The highest BCUT2D eigenvalue weighted by molar-refractivity contribution is 4.89. The van der Waals surface area contributed by atoms with E-state index in [4.69, 9.17) is 15.3 Å². The van der Waals surface area contributed by atoms with Gasteiger partial charge in [0, 0.05) is 0 Å². The molecule has 1 unspecified atom stereocenters. The molecular formula is C8H16O4. The molecule has 0 amide bonds. The molecular weight excluding hydrogens is 160 g/mol. The molecule has 0 aliphatic heterocycles. The summed E-state index contributed by atoms with van der Waals surface area (Å²) in [5, 5.41) is 36.0. The molecule has 0 saturated heterocycles. The molecule has 0 heterocycles. The van der Waals surface area contributed by atoms with Crippen LogP contribution in [0.5, 0.6) is 0 Å². The summed E-state index contributed by atoms with van der Waals surface area (Å²) in [4.78, 5) is 0. The van der Waals surface area contributed by atoms with Crippen molar-refractivity contribution >= 4 is 0 Å². The lowest BCUT2D eigenvalue weighted by Gasteiger charge is -2.31. The third kappa shape index (κ3) is 2.28. The van der Waals surface area contributed by atoms with Crippen LogP contribution < -0.4 is 0 Å². The zero-order chi connectivity index (χ0) is 9.61. The maximum absolute atomic E-state index is 9.41. The first-order valence-electron chi connectivity index (χ1n) is 3.78. The van der Waals surface area contributed by atoms with Crippen LogP contribution >= 0.6 is 0 Å². The van der Waals surface area contributed by atoms with Gasteiger partial charge in [-0.15, -0.1) is 6.58 Å². The second-order valence-electron chi connectivity index (χ2n) is 2.88. The van der Waals surface area contributed by atoms with E-state index in [1.807, 2.05) is 0 Å².